The number of anilines is 1. The average molecular weight is 248 g/mol. The molecule has 0 unspecified atom stereocenters. The van der Waals surface area contributed by atoms with Crippen molar-refractivity contribution in [2.45, 2.75) is 0 Å². The number of amides is 1. The van der Waals surface area contributed by atoms with Crippen LogP contribution in [0.3, 0.4) is 0 Å². The number of carboxylic acids is 1. The van der Waals surface area contributed by atoms with Gasteiger partial charge in [-0.05, 0) is 12.1 Å². The van der Waals surface area contributed by atoms with Gasteiger partial charge in [0.15, 0.2) is 11.5 Å². The van der Waals surface area contributed by atoms with Crippen molar-refractivity contribution in [1.82, 2.24) is 15.5 Å². The number of hydrogen-bond acceptors (Lipinski definition) is 5. The molecule has 0 saturated heterocycles. The van der Waals surface area contributed by atoms with Gasteiger partial charge < -0.3 is 15.3 Å². The number of terminal acetylenes is 1. The van der Waals surface area contributed by atoms with Crippen LogP contribution in [-0.2, 0) is 4.79 Å². The van der Waals surface area contributed by atoms with Crippen LogP contribution in [-0.4, -0.2) is 47.3 Å². The van der Waals surface area contributed by atoms with E-state index < -0.39 is 5.97 Å². The summed E-state index contributed by atoms with van der Waals surface area (Å²) in [4.78, 5) is 23.3. The van der Waals surface area contributed by atoms with Crippen LogP contribution >= 0.6 is 0 Å². The van der Waals surface area contributed by atoms with Gasteiger partial charge in [0.1, 0.15) is 6.54 Å². The second kappa shape index (κ2) is 6.20. The Bertz CT molecular complexity index is 478. The van der Waals surface area contributed by atoms with Crippen molar-refractivity contribution < 1.29 is 14.7 Å². The number of hydrogen-bond donors (Lipinski definition) is 2. The highest BCUT2D eigenvalue weighted by molar-refractivity contribution is 5.91. The van der Waals surface area contributed by atoms with Crippen molar-refractivity contribution in [3.63, 3.8) is 0 Å². The lowest BCUT2D eigenvalue weighted by Crippen LogP contribution is -2.31. The lowest BCUT2D eigenvalue weighted by Gasteiger charge is -2.17. The minimum absolute atomic E-state index is 0.0975. The number of rotatable bonds is 5. The highest BCUT2D eigenvalue weighted by Crippen LogP contribution is 2.08. The largest absolute Gasteiger partial charge is 0.480 e. The maximum Gasteiger partial charge on any atom is 0.323 e. The van der Waals surface area contributed by atoms with Crippen LogP contribution < -0.4 is 10.2 Å². The van der Waals surface area contributed by atoms with Gasteiger partial charge in [0.2, 0.25) is 0 Å². The van der Waals surface area contributed by atoms with Crippen LogP contribution in [0.15, 0.2) is 12.1 Å². The van der Waals surface area contributed by atoms with Crippen LogP contribution in [0.2, 0.25) is 0 Å². The van der Waals surface area contributed by atoms with E-state index in [2.05, 4.69) is 21.4 Å². The van der Waals surface area contributed by atoms with E-state index in [0.29, 0.717) is 5.82 Å². The van der Waals surface area contributed by atoms with E-state index in [1.165, 1.54) is 24.1 Å². The summed E-state index contributed by atoms with van der Waals surface area (Å²) in [7, 11) is 1.48. The first-order valence-electron chi connectivity index (χ1n) is 5.04. The molecule has 2 N–H and O–H groups in total. The van der Waals surface area contributed by atoms with Crippen LogP contribution in [0.5, 0.6) is 0 Å². The monoisotopic (exact) mass is 248 g/mol. The van der Waals surface area contributed by atoms with Gasteiger partial charge in [0.05, 0.1) is 6.54 Å². The second-order valence-corrected chi connectivity index (χ2v) is 3.31. The third-order valence-corrected chi connectivity index (χ3v) is 2.04. The Morgan fingerprint density at radius 1 is 1.50 bits per heavy atom. The fourth-order valence-corrected chi connectivity index (χ4v) is 1.23. The van der Waals surface area contributed by atoms with E-state index in [-0.39, 0.29) is 24.7 Å². The van der Waals surface area contributed by atoms with Crippen LogP contribution in [0.1, 0.15) is 10.5 Å². The number of aliphatic carboxylic acids is 1. The van der Waals surface area contributed by atoms with E-state index in [9.17, 15) is 9.59 Å². The summed E-state index contributed by atoms with van der Waals surface area (Å²) in [6.07, 6.45) is 5.15. The molecule has 94 valence electrons. The molecule has 0 fully saturated rings. The lowest BCUT2D eigenvalue weighted by atomic mass is 10.3. The summed E-state index contributed by atoms with van der Waals surface area (Å²) in [5, 5.41) is 18.6. The predicted molar refractivity (Wildman–Crippen MR) is 64.1 cm³/mol. The Morgan fingerprint density at radius 3 is 2.67 bits per heavy atom. The first-order chi connectivity index (χ1) is 8.58. The molecule has 1 aromatic rings. The van der Waals surface area contributed by atoms with E-state index in [0.717, 1.165) is 0 Å². The Morgan fingerprint density at radius 2 is 2.22 bits per heavy atom. The molecule has 0 spiro atoms. The van der Waals surface area contributed by atoms with Crippen molar-refractivity contribution in [3.8, 4) is 12.3 Å². The molecule has 0 aliphatic heterocycles. The fourth-order valence-electron chi connectivity index (χ4n) is 1.23. The molecule has 0 aliphatic carbocycles. The number of nitrogens with zero attached hydrogens (tertiary/aromatic N) is 3. The number of nitrogens with one attached hydrogen (secondary N) is 1. The van der Waals surface area contributed by atoms with E-state index in [1.807, 2.05) is 0 Å². The Labute approximate surface area is 104 Å². The predicted octanol–water partition coefficient (Wildman–Crippen LogP) is -0.640. The molecular weight excluding hydrogens is 236 g/mol. The minimum Gasteiger partial charge on any atom is -0.480 e. The molecule has 0 saturated carbocycles. The maximum atomic E-state index is 11.2. The minimum atomic E-state index is -1.03. The van der Waals surface area contributed by atoms with Gasteiger partial charge in [-0.2, -0.15) is 0 Å². The highest BCUT2D eigenvalue weighted by atomic mass is 16.4. The van der Waals surface area contributed by atoms with Crippen LogP contribution in [0.4, 0.5) is 5.82 Å². The van der Waals surface area contributed by atoms with Crippen LogP contribution in [0.25, 0.3) is 0 Å². The first-order valence-corrected chi connectivity index (χ1v) is 5.04. The van der Waals surface area contributed by atoms with Crippen molar-refractivity contribution >= 4 is 17.7 Å². The molecule has 0 aliphatic rings. The Hall–Kier alpha value is -2.62. The molecule has 0 bridgehead atoms. The molecule has 18 heavy (non-hydrogen) atoms. The van der Waals surface area contributed by atoms with Crippen LogP contribution in [0, 0.1) is 12.3 Å². The van der Waals surface area contributed by atoms with Gasteiger partial charge >= 0.3 is 5.97 Å². The highest BCUT2D eigenvalue weighted by Gasteiger charge is 2.12. The summed E-state index contributed by atoms with van der Waals surface area (Å²) in [6.45, 7) is -0.182. The second-order valence-electron chi connectivity index (χ2n) is 3.31. The van der Waals surface area contributed by atoms with Crippen molar-refractivity contribution in [3.05, 3.63) is 17.8 Å². The van der Waals surface area contributed by atoms with Gasteiger partial charge in [-0.3, -0.25) is 9.59 Å². The van der Waals surface area contributed by atoms with Gasteiger partial charge in [0, 0.05) is 7.05 Å². The molecule has 0 atom stereocenters. The zero-order valence-corrected chi connectivity index (χ0v) is 9.75. The Balaban J connectivity index is 2.90. The molecule has 7 nitrogen and oxygen atoms in total. The SMILES string of the molecule is C#CCN(CC(=O)O)c1ccc(C(=O)NC)nn1. The third kappa shape index (κ3) is 3.45. The summed E-state index contributed by atoms with van der Waals surface area (Å²) < 4.78 is 0. The topological polar surface area (TPSA) is 95.4 Å². The average Bonchev–Trinajstić information content (AvgIpc) is 2.37. The quantitative estimate of drug-likeness (QED) is 0.673. The molecule has 1 aromatic heterocycles. The number of carboxylic acid groups (broad SMARTS) is 1. The maximum absolute atomic E-state index is 11.2. The molecule has 1 rings (SSSR count). The van der Waals surface area contributed by atoms with Crippen molar-refractivity contribution in [1.29, 1.82) is 0 Å². The number of carbonyl (C=O) groups is 2. The van der Waals surface area contributed by atoms with E-state index in [1.54, 1.807) is 0 Å². The number of carbonyl (C=O) groups excluding carboxylic acids is 1. The number of aromatic nitrogens is 2. The molecular formula is C11H12N4O3. The molecule has 1 heterocycles. The summed E-state index contributed by atoms with van der Waals surface area (Å²) in [6, 6.07) is 2.95. The smallest absolute Gasteiger partial charge is 0.323 e. The molecule has 0 radical (unpaired) electrons. The van der Waals surface area contributed by atoms with Gasteiger partial charge in [0.25, 0.3) is 5.91 Å². The zero-order valence-electron chi connectivity index (χ0n) is 9.75. The molecule has 0 aromatic carbocycles. The van der Waals surface area contributed by atoms with Crippen molar-refractivity contribution in [2.75, 3.05) is 25.0 Å². The molecule has 1 amide bonds. The Kier molecular flexibility index (Phi) is 4.63. The lowest BCUT2D eigenvalue weighted by molar-refractivity contribution is -0.135. The van der Waals surface area contributed by atoms with Gasteiger partial charge in [-0.15, -0.1) is 16.6 Å². The summed E-state index contributed by atoms with van der Waals surface area (Å²) in [5.41, 5.74) is 0.150. The van der Waals surface area contributed by atoms with Gasteiger partial charge in [-0.1, -0.05) is 5.92 Å². The molecule has 7 heteroatoms. The van der Waals surface area contributed by atoms with Crippen molar-refractivity contribution in [2.24, 2.45) is 0 Å². The summed E-state index contributed by atoms with van der Waals surface area (Å²) in [5.74, 6) is 1.25. The first kappa shape index (κ1) is 13.4. The van der Waals surface area contributed by atoms with E-state index >= 15 is 0 Å². The summed E-state index contributed by atoms with van der Waals surface area (Å²) >= 11 is 0. The van der Waals surface area contributed by atoms with Gasteiger partial charge in [-0.25, -0.2) is 0 Å². The zero-order chi connectivity index (χ0) is 13.5. The normalized spacial score (nSPS) is 9.33. The van der Waals surface area contributed by atoms with E-state index in [4.69, 9.17) is 11.5 Å². The third-order valence-electron chi connectivity index (χ3n) is 2.04. The standard InChI is InChI=1S/C11H12N4O3/c1-3-6-15(7-10(16)17)9-5-4-8(13-14-9)11(18)12-2/h1,4-5H,6-7H2,2H3,(H,12,18)(H,16,17). The fraction of sp³-hybridized carbons (Fsp3) is 0.273.